The first-order valence-corrected chi connectivity index (χ1v) is 11.9. The lowest BCUT2D eigenvalue weighted by Gasteiger charge is -2.10. The van der Waals surface area contributed by atoms with Crippen molar-refractivity contribution in [3.8, 4) is 23.0 Å². The quantitative estimate of drug-likeness (QED) is 0.0972. The highest BCUT2D eigenvalue weighted by molar-refractivity contribution is 6.39. The van der Waals surface area contributed by atoms with Gasteiger partial charge in [0.25, 0.3) is 0 Å². The second-order valence-electron chi connectivity index (χ2n) is 7.88. The topological polar surface area (TPSA) is 125 Å². The summed E-state index contributed by atoms with van der Waals surface area (Å²) in [5.74, 6) is -0.851. The molecule has 2 N–H and O–H groups in total. The molecule has 0 aromatic heterocycles. The SMILES string of the molecule is CCCCOc1ccc(C(=O)Oc2ccc(/C=N/NC(=O)C(=O)Nc3ccccc3OC)cc2OC)cc1. The Morgan fingerprint density at radius 2 is 1.61 bits per heavy atom. The fourth-order valence-corrected chi connectivity index (χ4v) is 3.17. The van der Waals surface area contributed by atoms with E-state index < -0.39 is 17.8 Å². The molecule has 0 saturated heterocycles. The van der Waals surface area contributed by atoms with Crippen LogP contribution in [0.4, 0.5) is 5.69 Å². The number of methoxy groups -OCH3 is 2. The third kappa shape index (κ3) is 7.82. The van der Waals surface area contributed by atoms with Gasteiger partial charge in [0, 0.05) is 0 Å². The van der Waals surface area contributed by atoms with Crippen molar-refractivity contribution in [2.75, 3.05) is 26.1 Å². The Morgan fingerprint density at radius 3 is 2.32 bits per heavy atom. The lowest BCUT2D eigenvalue weighted by Crippen LogP contribution is -2.32. The van der Waals surface area contributed by atoms with Gasteiger partial charge in [-0.15, -0.1) is 0 Å². The molecule has 0 aliphatic heterocycles. The van der Waals surface area contributed by atoms with Gasteiger partial charge in [-0.3, -0.25) is 9.59 Å². The van der Waals surface area contributed by atoms with Crippen LogP contribution >= 0.6 is 0 Å². The lowest BCUT2D eigenvalue weighted by molar-refractivity contribution is -0.136. The number of ether oxygens (including phenoxy) is 4. The van der Waals surface area contributed by atoms with Crippen LogP contribution in [0.1, 0.15) is 35.7 Å². The second-order valence-corrected chi connectivity index (χ2v) is 7.88. The van der Waals surface area contributed by atoms with Crippen molar-refractivity contribution in [2.45, 2.75) is 19.8 Å². The van der Waals surface area contributed by atoms with E-state index in [2.05, 4.69) is 22.8 Å². The van der Waals surface area contributed by atoms with E-state index in [1.54, 1.807) is 60.7 Å². The first-order chi connectivity index (χ1) is 18.4. The van der Waals surface area contributed by atoms with E-state index in [4.69, 9.17) is 18.9 Å². The van der Waals surface area contributed by atoms with Crippen molar-refractivity contribution < 1.29 is 33.3 Å². The van der Waals surface area contributed by atoms with E-state index in [1.807, 2.05) is 0 Å². The summed E-state index contributed by atoms with van der Waals surface area (Å²) in [7, 11) is 2.89. The molecular formula is C28H29N3O7. The summed E-state index contributed by atoms with van der Waals surface area (Å²) in [6.07, 6.45) is 3.31. The minimum absolute atomic E-state index is 0.207. The van der Waals surface area contributed by atoms with Gasteiger partial charge in [0.05, 0.1) is 38.3 Å². The number of benzene rings is 3. The second kappa shape index (κ2) is 14.0. The van der Waals surface area contributed by atoms with Crippen LogP contribution in [0.2, 0.25) is 0 Å². The van der Waals surface area contributed by atoms with Crippen molar-refractivity contribution in [1.82, 2.24) is 5.43 Å². The van der Waals surface area contributed by atoms with Crippen LogP contribution in [0, 0.1) is 0 Å². The molecule has 10 nitrogen and oxygen atoms in total. The molecule has 3 aromatic rings. The van der Waals surface area contributed by atoms with Gasteiger partial charge in [-0.25, -0.2) is 10.2 Å². The largest absolute Gasteiger partial charge is 0.495 e. The van der Waals surface area contributed by atoms with E-state index in [-0.39, 0.29) is 11.5 Å². The third-order valence-corrected chi connectivity index (χ3v) is 5.19. The number of amides is 2. The van der Waals surface area contributed by atoms with Crippen LogP contribution in [0.25, 0.3) is 0 Å². The molecule has 0 aliphatic rings. The number of carbonyl (C=O) groups is 3. The fourth-order valence-electron chi connectivity index (χ4n) is 3.17. The van der Waals surface area contributed by atoms with E-state index in [0.29, 0.717) is 34.9 Å². The molecule has 3 rings (SSSR count). The summed E-state index contributed by atoms with van der Waals surface area (Å²) in [5, 5.41) is 6.26. The average molecular weight is 520 g/mol. The molecule has 0 saturated carbocycles. The summed E-state index contributed by atoms with van der Waals surface area (Å²) in [4.78, 5) is 36.8. The summed E-state index contributed by atoms with van der Waals surface area (Å²) < 4.78 is 21.6. The van der Waals surface area contributed by atoms with Gasteiger partial charge in [0.15, 0.2) is 11.5 Å². The highest BCUT2D eigenvalue weighted by Gasteiger charge is 2.16. The number of nitrogens with one attached hydrogen (secondary N) is 2. The number of rotatable bonds is 11. The van der Waals surface area contributed by atoms with Crippen LogP contribution in [-0.4, -0.2) is 44.8 Å². The van der Waals surface area contributed by atoms with Gasteiger partial charge in [0.2, 0.25) is 0 Å². The molecule has 0 aliphatic carbocycles. The molecule has 0 heterocycles. The zero-order valence-corrected chi connectivity index (χ0v) is 21.4. The van der Waals surface area contributed by atoms with Gasteiger partial charge in [-0.2, -0.15) is 5.10 Å². The van der Waals surface area contributed by atoms with Crippen molar-refractivity contribution in [1.29, 1.82) is 0 Å². The number of nitrogens with zero attached hydrogens (tertiary/aromatic N) is 1. The normalized spacial score (nSPS) is 10.5. The first kappa shape index (κ1) is 27.7. The number of hydrazone groups is 1. The molecule has 10 heteroatoms. The minimum Gasteiger partial charge on any atom is -0.495 e. The maximum Gasteiger partial charge on any atom is 0.343 e. The van der Waals surface area contributed by atoms with Crippen LogP contribution < -0.4 is 29.7 Å². The number of unbranched alkanes of at least 4 members (excludes halogenated alkanes) is 1. The maximum absolute atomic E-state index is 12.6. The monoisotopic (exact) mass is 519 g/mol. The van der Waals surface area contributed by atoms with Gasteiger partial charge in [-0.05, 0) is 66.6 Å². The Bertz CT molecular complexity index is 1290. The number of para-hydroxylation sites is 2. The number of esters is 1. The molecule has 0 unspecified atom stereocenters. The van der Waals surface area contributed by atoms with Crippen molar-refractivity contribution in [3.05, 3.63) is 77.9 Å². The number of carbonyl (C=O) groups excluding carboxylic acids is 3. The number of hydrogen-bond donors (Lipinski definition) is 2. The molecule has 0 radical (unpaired) electrons. The van der Waals surface area contributed by atoms with Crippen LogP contribution in [0.5, 0.6) is 23.0 Å². The zero-order valence-electron chi connectivity index (χ0n) is 21.4. The average Bonchev–Trinajstić information content (AvgIpc) is 2.94. The predicted molar refractivity (Wildman–Crippen MR) is 142 cm³/mol. The van der Waals surface area contributed by atoms with E-state index in [1.165, 1.54) is 26.5 Å². The van der Waals surface area contributed by atoms with Crippen molar-refractivity contribution in [2.24, 2.45) is 5.10 Å². The molecule has 0 bridgehead atoms. The van der Waals surface area contributed by atoms with Crippen LogP contribution in [-0.2, 0) is 9.59 Å². The highest BCUT2D eigenvalue weighted by Crippen LogP contribution is 2.28. The molecule has 0 spiro atoms. The van der Waals surface area contributed by atoms with Gasteiger partial charge < -0.3 is 24.3 Å². The fraction of sp³-hybridized carbons (Fsp3) is 0.214. The number of anilines is 1. The highest BCUT2D eigenvalue weighted by atomic mass is 16.6. The predicted octanol–water partition coefficient (Wildman–Crippen LogP) is 4.19. The minimum atomic E-state index is -0.966. The number of hydrogen-bond acceptors (Lipinski definition) is 8. The smallest absolute Gasteiger partial charge is 0.343 e. The Labute approximate surface area is 220 Å². The third-order valence-electron chi connectivity index (χ3n) is 5.19. The van der Waals surface area contributed by atoms with E-state index >= 15 is 0 Å². The molecule has 38 heavy (non-hydrogen) atoms. The summed E-state index contributed by atoms with van der Waals surface area (Å²) in [6, 6.07) is 18.1. The van der Waals surface area contributed by atoms with Gasteiger partial charge in [-0.1, -0.05) is 25.5 Å². The summed E-state index contributed by atoms with van der Waals surface area (Å²) in [5.41, 5.74) is 3.39. The van der Waals surface area contributed by atoms with Crippen LogP contribution in [0.3, 0.4) is 0 Å². The van der Waals surface area contributed by atoms with Crippen LogP contribution in [0.15, 0.2) is 71.8 Å². The lowest BCUT2D eigenvalue weighted by atomic mass is 10.2. The zero-order chi connectivity index (χ0) is 27.3. The summed E-state index contributed by atoms with van der Waals surface area (Å²) >= 11 is 0. The molecule has 3 aromatic carbocycles. The molecular weight excluding hydrogens is 490 g/mol. The van der Waals surface area contributed by atoms with Crippen molar-refractivity contribution in [3.63, 3.8) is 0 Å². The van der Waals surface area contributed by atoms with Gasteiger partial charge in [0.1, 0.15) is 11.5 Å². The molecule has 2 amide bonds. The molecule has 0 fully saturated rings. The Kier molecular flexibility index (Phi) is 10.2. The van der Waals surface area contributed by atoms with E-state index in [0.717, 1.165) is 12.8 Å². The molecule has 198 valence electrons. The Hall–Kier alpha value is -4.86. The standard InChI is InChI=1S/C28H29N3O7/c1-4-5-16-37-21-13-11-20(12-14-21)28(34)38-24-15-10-19(17-25(24)36-3)18-29-31-27(33)26(32)30-22-8-6-7-9-23(22)35-2/h6-15,17-18H,4-5,16H2,1-3H3,(H,30,32)(H,31,33)/b29-18+. The van der Waals surface area contributed by atoms with Crippen molar-refractivity contribution >= 4 is 29.7 Å². The van der Waals surface area contributed by atoms with Gasteiger partial charge >= 0.3 is 17.8 Å². The van der Waals surface area contributed by atoms with E-state index in [9.17, 15) is 14.4 Å². The molecule has 0 atom stereocenters. The summed E-state index contributed by atoms with van der Waals surface area (Å²) in [6.45, 7) is 2.70. The Morgan fingerprint density at radius 1 is 0.868 bits per heavy atom. The maximum atomic E-state index is 12.6. The Balaban J connectivity index is 1.57. The first-order valence-electron chi connectivity index (χ1n) is 11.9.